The SMILES string of the molecule is O=C(NCc1ccc(-c2ccc(F)cc2)o1)c1ccccc1[N+](=O)[O-]. The second-order valence-electron chi connectivity index (χ2n) is 5.23. The predicted molar refractivity (Wildman–Crippen MR) is 88.4 cm³/mol. The third-order valence-corrected chi connectivity index (χ3v) is 3.56. The number of carbonyl (C=O) groups is 1. The first-order chi connectivity index (χ1) is 12.0. The molecule has 3 aromatic rings. The molecule has 2 aromatic carbocycles. The summed E-state index contributed by atoms with van der Waals surface area (Å²) < 4.78 is 18.5. The summed E-state index contributed by atoms with van der Waals surface area (Å²) in [6, 6.07) is 14.9. The first-order valence-electron chi connectivity index (χ1n) is 7.41. The number of furan rings is 1. The molecule has 7 heteroatoms. The monoisotopic (exact) mass is 340 g/mol. The molecule has 0 spiro atoms. The number of nitro benzene ring substituents is 1. The van der Waals surface area contributed by atoms with Crippen molar-refractivity contribution in [1.29, 1.82) is 0 Å². The van der Waals surface area contributed by atoms with Crippen LogP contribution < -0.4 is 5.32 Å². The molecule has 0 saturated carbocycles. The maximum Gasteiger partial charge on any atom is 0.282 e. The standard InChI is InChI=1S/C18H13FN2O4/c19-13-7-5-12(6-8-13)17-10-9-14(25-17)11-20-18(22)15-3-1-2-4-16(15)21(23)24/h1-10H,11H2,(H,20,22). The Morgan fingerprint density at radius 1 is 1.08 bits per heavy atom. The average Bonchev–Trinajstić information content (AvgIpc) is 3.09. The van der Waals surface area contributed by atoms with Crippen molar-refractivity contribution in [2.45, 2.75) is 6.54 Å². The minimum absolute atomic E-state index is 0.0159. The van der Waals surface area contributed by atoms with Crippen LogP contribution >= 0.6 is 0 Å². The highest BCUT2D eigenvalue weighted by molar-refractivity contribution is 5.98. The quantitative estimate of drug-likeness (QED) is 0.563. The van der Waals surface area contributed by atoms with E-state index >= 15 is 0 Å². The van der Waals surface area contributed by atoms with Crippen LogP contribution in [0.15, 0.2) is 65.1 Å². The van der Waals surface area contributed by atoms with Gasteiger partial charge in [0, 0.05) is 11.6 Å². The number of amides is 1. The van der Waals surface area contributed by atoms with Crippen molar-refractivity contribution in [2.24, 2.45) is 0 Å². The van der Waals surface area contributed by atoms with Gasteiger partial charge in [0.1, 0.15) is 22.9 Å². The first kappa shape index (κ1) is 16.4. The van der Waals surface area contributed by atoms with Crippen LogP contribution in [0.25, 0.3) is 11.3 Å². The fourth-order valence-electron chi connectivity index (χ4n) is 2.33. The Morgan fingerprint density at radius 2 is 1.80 bits per heavy atom. The van der Waals surface area contributed by atoms with Crippen molar-refractivity contribution >= 4 is 11.6 Å². The highest BCUT2D eigenvalue weighted by atomic mass is 19.1. The number of benzene rings is 2. The van der Waals surface area contributed by atoms with Crippen molar-refractivity contribution in [1.82, 2.24) is 5.32 Å². The zero-order valence-corrected chi connectivity index (χ0v) is 12.9. The number of hydrogen-bond donors (Lipinski definition) is 1. The number of rotatable bonds is 5. The summed E-state index contributed by atoms with van der Waals surface area (Å²) in [6.07, 6.45) is 0. The van der Waals surface area contributed by atoms with Crippen molar-refractivity contribution in [3.8, 4) is 11.3 Å². The number of halogens is 1. The van der Waals surface area contributed by atoms with Crippen LogP contribution in [-0.4, -0.2) is 10.8 Å². The zero-order valence-electron chi connectivity index (χ0n) is 12.9. The molecular weight excluding hydrogens is 327 g/mol. The number of para-hydroxylation sites is 1. The van der Waals surface area contributed by atoms with E-state index in [1.165, 1.54) is 30.3 Å². The summed E-state index contributed by atoms with van der Waals surface area (Å²) in [5.41, 5.74) is 0.432. The van der Waals surface area contributed by atoms with Crippen LogP contribution in [0.2, 0.25) is 0 Å². The summed E-state index contributed by atoms with van der Waals surface area (Å²) in [5.74, 6) is 0.112. The number of carbonyl (C=O) groups excluding carboxylic acids is 1. The fourth-order valence-corrected chi connectivity index (χ4v) is 2.33. The molecule has 0 aliphatic heterocycles. The molecule has 1 aromatic heterocycles. The van der Waals surface area contributed by atoms with Crippen LogP contribution in [0, 0.1) is 15.9 Å². The lowest BCUT2D eigenvalue weighted by molar-refractivity contribution is -0.385. The number of nitrogens with one attached hydrogen (secondary N) is 1. The fraction of sp³-hybridized carbons (Fsp3) is 0.0556. The van der Waals surface area contributed by atoms with E-state index in [9.17, 15) is 19.3 Å². The lowest BCUT2D eigenvalue weighted by atomic mass is 10.1. The van der Waals surface area contributed by atoms with E-state index < -0.39 is 10.8 Å². The van der Waals surface area contributed by atoms with Crippen LogP contribution in [0.1, 0.15) is 16.1 Å². The molecule has 0 fully saturated rings. The number of nitrogens with zero attached hydrogens (tertiary/aromatic N) is 1. The Hall–Kier alpha value is -3.48. The van der Waals surface area contributed by atoms with Gasteiger partial charge in [-0.25, -0.2) is 4.39 Å². The predicted octanol–water partition coefficient (Wildman–Crippen LogP) is 3.92. The molecular formula is C18H13FN2O4. The molecule has 1 heterocycles. The van der Waals surface area contributed by atoms with Crippen LogP contribution in [0.4, 0.5) is 10.1 Å². The van der Waals surface area contributed by atoms with Gasteiger partial charge in [0.15, 0.2) is 0 Å². The Morgan fingerprint density at radius 3 is 2.52 bits per heavy atom. The van der Waals surface area contributed by atoms with Gasteiger partial charge in [-0.05, 0) is 42.5 Å². The largest absolute Gasteiger partial charge is 0.459 e. The van der Waals surface area contributed by atoms with Gasteiger partial charge in [0.05, 0.1) is 11.5 Å². The molecule has 1 amide bonds. The highest BCUT2D eigenvalue weighted by Crippen LogP contribution is 2.23. The van der Waals surface area contributed by atoms with Gasteiger partial charge in [0.2, 0.25) is 0 Å². The average molecular weight is 340 g/mol. The van der Waals surface area contributed by atoms with E-state index in [-0.39, 0.29) is 23.6 Å². The first-order valence-corrected chi connectivity index (χ1v) is 7.41. The van der Waals surface area contributed by atoms with Crippen molar-refractivity contribution < 1.29 is 18.5 Å². The van der Waals surface area contributed by atoms with Gasteiger partial charge in [-0.15, -0.1) is 0 Å². The van der Waals surface area contributed by atoms with Crippen molar-refractivity contribution in [3.63, 3.8) is 0 Å². The van der Waals surface area contributed by atoms with Crippen LogP contribution in [0.5, 0.6) is 0 Å². The third-order valence-electron chi connectivity index (χ3n) is 3.56. The highest BCUT2D eigenvalue weighted by Gasteiger charge is 2.19. The second kappa shape index (κ2) is 6.96. The van der Waals surface area contributed by atoms with Gasteiger partial charge in [-0.3, -0.25) is 14.9 Å². The maximum atomic E-state index is 12.9. The minimum atomic E-state index is -0.603. The van der Waals surface area contributed by atoms with Crippen LogP contribution in [0.3, 0.4) is 0 Å². The molecule has 0 unspecified atom stereocenters. The van der Waals surface area contributed by atoms with Gasteiger partial charge < -0.3 is 9.73 Å². The van der Waals surface area contributed by atoms with E-state index in [1.807, 2.05) is 0 Å². The lowest BCUT2D eigenvalue weighted by Crippen LogP contribution is -2.23. The summed E-state index contributed by atoms with van der Waals surface area (Å²) in [7, 11) is 0. The topological polar surface area (TPSA) is 85.4 Å². The zero-order chi connectivity index (χ0) is 17.8. The molecule has 6 nitrogen and oxygen atoms in total. The molecule has 0 radical (unpaired) electrons. The van der Waals surface area contributed by atoms with Crippen molar-refractivity contribution in [2.75, 3.05) is 0 Å². The van der Waals surface area contributed by atoms with E-state index in [0.717, 1.165) is 0 Å². The van der Waals surface area contributed by atoms with Crippen LogP contribution in [-0.2, 0) is 6.54 Å². The van der Waals surface area contributed by atoms with Crippen molar-refractivity contribution in [3.05, 3.63) is 87.9 Å². The van der Waals surface area contributed by atoms with E-state index in [2.05, 4.69) is 5.32 Å². The summed E-state index contributed by atoms with van der Waals surface area (Å²) >= 11 is 0. The van der Waals surface area contributed by atoms with E-state index in [0.29, 0.717) is 17.1 Å². The molecule has 126 valence electrons. The van der Waals surface area contributed by atoms with E-state index in [4.69, 9.17) is 4.42 Å². The normalized spacial score (nSPS) is 10.4. The molecule has 0 aliphatic carbocycles. The molecule has 3 rings (SSSR count). The Labute approximate surface area is 142 Å². The molecule has 1 N–H and O–H groups in total. The summed E-state index contributed by atoms with van der Waals surface area (Å²) in [5, 5.41) is 13.6. The lowest BCUT2D eigenvalue weighted by Gasteiger charge is -2.04. The van der Waals surface area contributed by atoms with Gasteiger partial charge >= 0.3 is 0 Å². The number of nitro groups is 1. The Bertz CT molecular complexity index is 919. The van der Waals surface area contributed by atoms with Gasteiger partial charge in [-0.2, -0.15) is 0 Å². The summed E-state index contributed by atoms with van der Waals surface area (Å²) in [6.45, 7) is 0.0755. The van der Waals surface area contributed by atoms with Gasteiger partial charge in [0.25, 0.3) is 11.6 Å². The Kier molecular flexibility index (Phi) is 4.56. The molecule has 0 aliphatic rings. The van der Waals surface area contributed by atoms with Gasteiger partial charge in [-0.1, -0.05) is 12.1 Å². The molecule has 25 heavy (non-hydrogen) atoms. The molecule has 0 bridgehead atoms. The van der Waals surface area contributed by atoms with E-state index in [1.54, 1.807) is 30.3 Å². The molecule has 0 atom stereocenters. The minimum Gasteiger partial charge on any atom is -0.459 e. The maximum absolute atomic E-state index is 12.9. The smallest absolute Gasteiger partial charge is 0.282 e. The summed E-state index contributed by atoms with van der Waals surface area (Å²) in [4.78, 5) is 22.5. The number of hydrogen-bond acceptors (Lipinski definition) is 4. The third kappa shape index (κ3) is 3.72. The second-order valence-corrected chi connectivity index (χ2v) is 5.23. The Balaban J connectivity index is 1.69. The molecule has 0 saturated heterocycles.